The van der Waals surface area contributed by atoms with E-state index in [-0.39, 0.29) is 17.7 Å². The summed E-state index contributed by atoms with van der Waals surface area (Å²) in [5.41, 5.74) is 5.20. The Morgan fingerprint density at radius 2 is 1.70 bits per heavy atom. The first-order chi connectivity index (χ1) is 24.2. The Balaban J connectivity index is 1.52. The molecule has 0 saturated carbocycles. The second-order valence-electron chi connectivity index (χ2n) is 11.4. The first-order valence-corrected chi connectivity index (χ1v) is 16.5. The van der Waals surface area contributed by atoms with Crippen LogP contribution in [0.15, 0.2) is 125 Å². The van der Waals surface area contributed by atoms with E-state index in [0.29, 0.717) is 44.0 Å². The average molecular weight is 687 g/mol. The molecule has 0 aliphatic carbocycles. The molecular weight excluding hydrogens is 653 g/mol. The zero-order valence-electron chi connectivity index (χ0n) is 27.8. The number of esters is 2. The fourth-order valence-corrected chi connectivity index (χ4v) is 6.75. The molecule has 11 heteroatoms. The van der Waals surface area contributed by atoms with Crippen molar-refractivity contribution in [3.63, 3.8) is 0 Å². The Morgan fingerprint density at radius 1 is 0.960 bits per heavy atom. The van der Waals surface area contributed by atoms with Crippen LogP contribution in [-0.4, -0.2) is 46.6 Å². The molecular formula is C39H34N4O6S. The highest BCUT2D eigenvalue weighted by molar-refractivity contribution is 7.07. The maximum atomic E-state index is 14.4. The summed E-state index contributed by atoms with van der Waals surface area (Å²) < 4.78 is 19.8. The number of allylic oxidation sites excluding steroid dienone is 1. The van der Waals surface area contributed by atoms with Crippen LogP contribution in [-0.2, 0) is 14.3 Å². The number of hydrogen-bond donors (Lipinski definition) is 0. The molecule has 0 radical (unpaired) electrons. The van der Waals surface area contributed by atoms with Gasteiger partial charge in [-0.3, -0.25) is 9.36 Å². The Bertz CT molecular complexity index is 2330. The lowest BCUT2D eigenvalue weighted by Gasteiger charge is -2.24. The number of ether oxygens (including phenoxy) is 3. The van der Waals surface area contributed by atoms with Crippen LogP contribution in [0.5, 0.6) is 5.75 Å². The molecule has 0 N–H and O–H groups in total. The van der Waals surface area contributed by atoms with E-state index in [0.717, 1.165) is 22.6 Å². The Morgan fingerprint density at radius 3 is 2.38 bits per heavy atom. The third-order valence-corrected chi connectivity index (χ3v) is 9.06. The molecule has 5 aromatic rings. The average Bonchev–Trinajstić information content (AvgIpc) is 3.69. The van der Waals surface area contributed by atoms with Crippen molar-refractivity contribution in [1.82, 2.24) is 14.3 Å². The first-order valence-electron chi connectivity index (χ1n) is 15.7. The lowest BCUT2D eigenvalue weighted by atomic mass is 9.95. The highest BCUT2D eigenvalue weighted by Crippen LogP contribution is 2.32. The van der Waals surface area contributed by atoms with E-state index < -0.39 is 18.0 Å². The Labute approximate surface area is 292 Å². The zero-order chi connectivity index (χ0) is 35.4. The molecule has 252 valence electrons. The highest BCUT2D eigenvalue weighted by atomic mass is 32.1. The van der Waals surface area contributed by atoms with E-state index in [1.165, 1.54) is 29.1 Å². The fraction of sp³-hybridized carbons (Fsp3) is 0.154. The number of carbonyl (C=O) groups is 2. The van der Waals surface area contributed by atoms with Crippen LogP contribution < -0.4 is 19.6 Å². The summed E-state index contributed by atoms with van der Waals surface area (Å²) in [5.74, 6) is -0.382. The predicted octanol–water partition coefficient (Wildman–Crippen LogP) is 5.48. The first kappa shape index (κ1) is 33.8. The molecule has 0 saturated heterocycles. The number of thiazole rings is 1. The predicted molar refractivity (Wildman–Crippen MR) is 192 cm³/mol. The number of aryl methyl sites for hydroxylation is 1. The largest absolute Gasteiger partial charge is 0.489 e. The van der Waals surface area contributed by atoms with Crippen molar-refractivity contribution >= 4 is 29.4 Å². The molecule has 0 spiro atoms. The van der Waals surface area contributed by atoms with E-state index in [9.17, 15) is 14.4 Å². The summed E-state index contributed by atoms with van der Waals surface area (Å²) in [6, 6.07) is 21.2. The number of hydrogen-bond acceptors (Lipinski definition) is 9. The molecule has 3 aromatic carbocycles. The quantitative estimate of drug-likeness (QED) is 0.134. The number of methoxy groups -OCH3 is 1. The molecule has 0 unspecified atom stereocenters. The SMILES string of the molecule is C=CCOC(=O)C1=C(C)N=c2s/c(=C\c3cn(-c4ccccc4)nc3-c3ccc(OCC=C)c(C)c3)c(=O)n2[C@@H]1c1ccc(C(=O)OC)cc1. The third-order valence-electron chi connectivity index (χ3n) is 8.08. The van der Waals surface area contributed by atoms with Gasteiger partial charge in [0.05, 0.1) is 40.2 Å². The van der Waals surface area contributed by atoms with Crippen LogP contribution >= 0.6 is 11.3 Å². The van der Waals surface area contributed by atoms with Crippen LogP contribution in [0.1, 0.15) is 40.0 Å². The van der Waals surface area contributed by atoms with Gasteiger partial charge in [-0.05, 0) is 73.5 Å². The van der Waals surface area contributed by atoms with Gasteiger partial charge in [0.1, 0.15) is 24.7 Å². The molecule has 2 aromatic heterocycles. The van der Waals surface area contributed by atoms with Gasteiger partial charge >= 0.3 is 11.9 Å². The summed E-state index contributed by atoms with van der Waals surface area (Å²) in [7, 11) is 1.30. The van der Waals surface area contributed by atoms with E-state index in [1.807, 2.05) is 61.7 Å². The van der Waals surface area contributed by atoms with Crippen LogP contribution in [0, 0.1) is 6.92 Å². The summed E-state index contributed by atoms with van der Waals surface area (Å²) in [6.07, 6.45) is 6.85. The molecule has 3 heterocycles. The molecule has 1 atom stereocenters. The van der Waals surface area contributed by atoms with Crippen molar-refractivity contribution in [3.8, 4) is 22.7 Å². The Hall–Kier alpha value is -6.07. The summed E-state index contributed by atoms with van der Waals surface area (Å²) >= 11 is 1.21. The molecule has 6 rings (SSSR count). The molecule has 50 heavy (non-hydrogen) atoms. The molecule has 0 amide bonds. The van der Waals surface area contributed by atoms with E-state index >= 15 is 0 Å². The van der Waals surface area contributed by atoms with E-state index in [2.05, 4.69) is 13.2 Å². The van der Waals surface area contributed by atoms with Gasteiger partial charge in [-0.1, -0.05) is 67.0 Å². The molecule has 0 fully saturated rings. The van der Waals surface area contributed by atoms with Gasteiger partial charge in [-0.2, -0.15) is 5.10 Å². The third kappa shape index (κ3) is 6.63. The topological polar surface area (TPSA) is 114 Å². The standard InChI is InChI=1S/C39H34N4O6S/c1-6-19-48-31-18-17-28(21-24(31)3)34-29(23-42(41-34)30-11-9-8-10-12-30)22-32-36(44)43-35(26-13-15-27(16-14-26)37(45)47-5)33(38(46)49-20-7-2)25(4)40-39(43)50-32/h6-18,21-23,35H,1-2,19-20H2,3-5H3/b32-22-/t35-/m1/s1. The smallest absolute Gasteiger partial charge is 0.338 e. The highest BCUT2D eigenvalue weighted by Gasteiger charge is 2.33. The van der Waals surface area contributed by atoms with E-state index in [1.54, 1.807) is 48.0 Å². The van der Waals surface area contributed by atoms with Crippen molar-refractivity contribution in [2.24, 2.45) is 4.99 Å². The van der Waals surface area contributed by atoms with Gasteiger partial charge in [0.25, 0.3) is 5.56 Å². The summed E-state index contributed by atoms with van der Waals surface area (Å²) in [4.78, 5) is 45.1. The second-order valence-corrected chi connectivity index (χ2v) is 12.4. The minimum absolute atomic E-state index is 0.0109. The van der Waals surface area contributed by atoms with Crippen molar-refractivity contribution in [1.29, 1.82) is 0 Å². The van der Waals surface area contributed by atoms with Crippen LogP contribution in [0.25, 0.3) is 23.0 Å². The summed E-state index contributed by atoms with van der Waals surface area (Å²) in [5, 5.41) is 4.94. The lowest BCUT2D eigenvalue weighted by Crippen LogP contribution is -2.40. The molecule has 1 aliphatic heterocycles. The Kier molecular flexibility index (Phi) is 9.87. The number of rotatable bonds is 11. The minimum Gasteiger partial charge on any atom is -0.489 e. The number of fused-ring (bicyclic) bond motifs is 1. The maximum absolute atomic E-state index is 14.4. The lowest BCUT2D eigenvalue weighted by molar-refractivity contribution is -0.138. The number of para-hydroxylation sites is 1. The van der Waals surface area contributed by atoms with Gasteiger partial charge < -0.3 is 14.2 Å². The second kappa shape index (κ2) is 14.6. The maximum Gasteiger partial charge on any atom is 0.338 e. The van der Waals surface area contributed by atoms with Gasteiger partial charge in [-0.15, -0.1) is 0 Å². The normalized spacial score (nSPS) is 14.1. The number of nitrogens with zero attached hydrogens (tertiary/aromatic N) is 4. The molecule has 1 aliphatic rings. The zero-order valence-corrected chi connectivity index (χ0v) is 28.6. The number of aromatic nitrogens is 3. The molecule has 10 nitrogen and oxygen atoms in total. The van der Waals surface area contributed by atoms with Crippen molar-refractivity contribution in [2.45, 2.75) is 19.9 Å². The number of benzene rings is 3. The van der Waals surface area contributed by atoms with Gasteiger partial charge in [0.15, 0.2) is 4.80 Å². The van der Waals surface area contributed by atoms with Crippen LogP contribution in [0.3, 0.4) is 0 Å². The fourth-order valence-electron chi connectivity index (χ4n) is 5.71. The van der Waals surface area contributed by atoms with Crippen LogP contribution in [0.4, 0.5) is 0 Å². The van der Waals surface area contributed by atoms with Crippen molar-refractivity contribution < 1.29 is 23.8 Å². The summed E-state index contributed by atoms with van der Waals surface area (Å²) in [6.45, 7) is 11.4. The van der Waals surface area contributed by atoms with Gasteiger partial charge in [-0.25, -0.2) is 19.3 Å². The van der Waals surface area contributed by atoms with Crippen LogP contribution in [0.2, 0.25) is 0 Å². The van der Waals surface area contributed by atoms with Crippen molar-refractivity contribution in [2.75, 3.05) is 20.3 Å². The van der Waals surface area contributed by atoms with E-state index in [4.69, 9.17) is 24.3 Å². The number of carbonyl (C=O) groups excluding carboxylic acids is 2. The van der Waals surface area contributed by atoms with Gasteiger partial charge in [0, 0.05) is 17.3 Å². The monoisotopic (exact) mass is 686 g/mol. The van der Waals surface area contributed by atoms with Gasteiger partial charge in [0.2, 0.25) is 0 Å². The minimum atomic E-state index is -0.866. The van der Waals surface area contributed by atoms with Crippen molar-refractivity contribution in [3.05, 3.63) is 158 Å². The molecule has 0 bridgehead atoms.